The minimum absolute atomic E-state index is 0.00567. The third-order valence-corrected chi connectivity index (χ3v) is 4.80. The number of hydrogen-bond donors (Lipinski definition) is 1. The van der Waals surface area contributed by atoms with Crippen LogP contribution < -0.4 is 5.32 Å². The van der Waals surface area contributed by atoms with E-state index in [4.69, 9.17) is 4.74 Å². The van der Waals surface area contributed by atoms with E-state index in [2.05, 4.69) is 40.3 Å². The van der Waals surface area contributed by atoms with Crippen LogP contribution in [-0.4, -0.2) is 18.1 Å². The molecule has 4 unspecified atom stereocenters. The summed E-state index contributed by atoms with van der Waals surface area (Å²) < 4.78 is 5.73. The van der Waals surface area contributed by atoms with Crippen LogP contribution in [0.1, 0.15) is 31.9 Å². The molecule has 1 amide bonds. The monoisotopic (exact) mass is 339 g/mol. The topological polar surface area (TPSA) is 38.3 Å². The molecular formula is C16H22BrNO2. The second-order valence-electron chi connectivity index (χ2n) is 5.60. The van der Waals surface area contributed by atoms with Gasteiger partial charge in [-0.15, -0.1) is 0 Å². The molecule has 1 N–H and O–H groups in total. The highest BCUT2D eigenvalue weighted by Crippen LogP contribution is 2.32. The maximum Gasteiger partial charge on any atom is 0.226 e. The first-order valence-electron chi connectivity index (χ1n) is 7.10. The molecule has 1 saturated heterocycles. The van der Waals surface area contributed by atoms with Gasteiger partial charge in [-0.3, -0.25) is 4.79 Å². The first kappa shape index (κ1) is 15.5. The number of ether oxygens (including phenoxy) is 1. The smallest absolute Gasteiger partial charge is 0.226 e. The molecule has 1 aromatic carbocycles. The zero-order valence-corrected chi connectivity index (χ0v) is 13.8. The molecule has 0 radical (unpaired) electrons. The van der Waals surface area contributed by atoms with Gasteiger partial charge in [0.05, 0.1) is 18.1 Å². The molecule has 4 heteroatoms. The van der Waals surface area contributed by atoms with Crippen LogP contribution in [0, 0.1) is 11.8 Å². The molecule has 110 valence electrons. The van der Waals surface area contributed by atoms with Crippen molar-refractivity contribution in [3.8, 4) is 0 Å². The fourth-order valence-electron chi connectivity index (χ4n) is 2.85. The van der Waals surface area contributed by atoms with Crippen molar-refractivity contribution in [2.75, 3.05) is 0 Å². The van der Waals surface area contributed by atoms with Gasteiger partial charge in [-0.25, -0.2) is 0 Å². The minimum Gasteiger partial charge on any atom is -0.374 e. The first-order chi connectivity index (χ1) is 9.52. The van der Waals surface area contributed by atoms with E-state index in [1.807, 2.05) is 26.0 Å². The van der Waals surface area contributed by atoms with E-state index in [0.29, 0.717) is 6.54 Å². The molecule has 1 fully saturated rings. The maximum absolute atomic E-state index is 12.3. The molecule has 0 saturated carbocycles. The van der Waals surface area contributed by atoms with Crippen molar-refractivity contribution in [3.63, 3.8) is 0 Å². The van der Waals surface area contributed by atoms with Crippen LogP contribution in [0.2, 0.25) is 0 Å². The molecule has 1 heterocycles. The Bertz CT molecular complexity index is 477. The van der Waals surface area contributed by atoms with Gasteiger partial charge in [0.25, 0.3) is 0 Å². The molecule has 1 aliphatic rings. The molecular weight excluding hydrogens is 318 g/mol. The Balaban J connectivity index is 1.95. The predicted octanol–water partition coefficient (Wildman–Crippen LogP) is 3.26. The zero-order valence-electron chi connectivity index (χ0n) is 12.2. The highest BCUT2D eigenvalue weighted by Gasteiger charge is 2.41. The number of amides is 1. The van der Waals surface area contributed by atoms with E-state index < -0.39 is 0 Å². The van der Waals surface area contributed by atoms with Crippen LogP contribution in [-0.2, 0) is 21.4 Å². The van der Waals surface area contributed by atoms with Crippen molar-refractivity contribution in [1.82, 2.24) is 5.32 Å². The lowest BCUT2D eigenvalue weighted by atomic mass is 9.89. The van der Waals surface area contributed by atoms with Crippen molar-refractivity contribution in [3.05, 3.63) is 35.4 Å². The second kappa shape index (κ2) is 6.72. The number of carbonyl (C=O) groups is 1. The summed E-state index contributed by atoms with van der Waals surface area (Å²) in [6.45, 7) is 6.68. The number of hydrogen-bond acceptors (Lipinski definition) is 2. The second-order valence-corrected chi connectivity index (χ2v) is 6.16. The van der Waals surface area contributed by atoms with Crippen LogP contribution >= 0.6 is 15.9 Å². The molecule has 20 heavy (non-hydrogen) atoms. The zero-order chi connectivity index (χ0) is 14.7. The van der Waals surface area contributed by atoms with Crippen molar-refractivity contribution in [1.29, 1.82) is 0 Å². The van der Waals surface area contributed by atoms with Crippen LogP contribution in [0.3, 0.4) is 0 Å². The molecule has 4 atom stereocenters. The summed E-state index contributed by atoms with van der Waals surface area (Å²) in [6.07, 6.45) is 0.145. The largest absolute Gasteiger partial charge is 0.374 e. The molecule has 0 aliphatic carbocycles. The summed E-state index contributed by atoms with van der Waals surface area (Å²) in [6, 6.07) is 8.23. The Morgan fingerprint density at radius 3 is 2.55 bits per heavy atom. The van der Waals surface area contributed by atoms with Crippen LogP contribution in [0.5, 0.6) is 0 Å². The number of benzene rings is 1. The van der Waals surface area contributed by atoms with Gasteiger partial charge in [0.15, 0.2) is 0 Å². The molecule has 1 aliphatic heterocycles. The van der Waals surface area contributed by atoms with Crippen molar-refractivity contribution < 1.29 is 9.53 Å². The summed E-state index contributed by atoms with van der Waals surface area (Å²) in [5.41, 5.74) is 2.35. The highest BCUT2D eigenvalue weighted by molar-refractivity contribution is 9.08. The molecule has 2 rings (SSSR count). The van der Waals surface area contributed by atoms with Crippen molar-refractivity contribution in [2.45, 2.75) is 44.9 Å². The quantitative estimate of drug-likeness (QED) is 0.855. The van der Waals surface area contributed by atoms with E-state index in [-0.39, 0.29) is 30.0 Å². The third kappa shape index (κ3) is 3.41. The predicted molar refractivity (Wildman–Crippen MR) is 83.6 cm³/mol. The van der Waals surface area contributed by atoms with E-state index in [0.717, 1.165) is 10.9 Å². The number of rotatable bonds is 4. The van der Waals surface area contributed by atoms with Gasteiger partial charge >= 0.3 is 0 Å². The Hall–Kier alpha value is -0.870. The SMILES string of the molecule is CC1OC(C)C(C(=O)NCc2cccc(CBr)c2)C1C. The van der Waals surface area contributed by atoms with Gasteiger partial charge in [-0.2, -0.15) is 0 Å². The summed E-state index contributed by atoms with van der Waals surface area (Å²) in [5, 5.41) is 3.87. The lowest BCUT2D eigenvalue weighted by molar-refractivity contribution is -0.127. The summed E-state index contributed by atoms with van der Waals surface area (Å²) >= 11 is 3.44. The van der Waals surface area contributed by atoms with E-state index >= 15 is 0 Å². The number of nitrogens with one attached hydrogen (secondary N) is 1. The van der Waals surface area contributed by atoms with E-state index in [1.165, 1.54) is 5.56 Å². The maximum atomic E-state index is 12.3. The van der Waals surface area contributed by atoms with Gasteiger partial charge in [-0.05, 0) is 30.9 Å². The van der Waals surface area contributed by atoms with Gasteiger partial charge in [-0.1, -0.05) is 47.1 Å². The Morgan fingerprint density at radius 2 is 1.95 bits per heavy atom. The Labute approximate surface area is 129 Å². The average Bonchev–Trinajstić information content (AvgIpc) is 2.70. The molecule has 1 aromatic rings. The molecule has 0 aromatic heterocycles. The molecule has 0 spiro atoms. The fraction of sp³-hybridized carbons (Fsp3) is 0.562. The molecule has 3 nitrogen and oxygen atoms in total. The van der Waals surface area contributed by atoms with Gasteiger partial charge < -0.3 is 10.1 Å². The highest BCUT2D eigenvalue weighted by atomic mass is 79.9. The van der Waals surface area contributed by atoms with Crippen LogP contribution in [0.25, 0.3) is 0 Å². The minimum atomic E-state index is -0.0515. The average molecular weight is 340 g/mol. The van der Waals surface area contributed by atoms with Crippen LogP contribution in [0.15, 0.2) is 24.3 Å². The van der Waals surface area contributed by atoms with Crippen molar-refractivity contribution in [2.24, 2.45) is 11.8 Å². The van der Waals surface area contributed by atoms with Gasteiger partial charge in [0.1, 0.15) is 0 Å². The van der Waals surface area contributed by atoms with Crippen LogP contribution in [0.4, 0.5) is 0 Å². The Morgan fingerprint density at radius 1 is 1.25 bits per heavy atom. The van der Waals surface area contributed by atoms with E-state index in [1.54, 1.807) is 0 Å². The standard InChI is InChI=1S/C16H22BrNO2/c1-10-11(2)20-12(3)15(10)16(19)18-9-14-6-4-5-13(7-14)8-17/h4-7,10-12,15H,8-9H2,1-3H3,(H,18,19). The lowest BCUT2D eigenvalue weighted by Gasteiger charge is -2.18. The summed E-state index contributed by atoms with van der Waals surface area (Å²) in [5.74, 6) is 0.307. The summed E-state index contributed by atoms with van der Waals surface area (Å²) in [7, 11) is 0. The van der Waals surface area contributed by atoms with Gasteiger partial charge in [0.2, 0.25) is 5.91 Å². The molecule has 0 bridgehead atoms. The first-order valence-corrected chi connectivity index (χ1v) is 8.22. The van der Waals surface area contributed by atoms with Crippen molar-refractivity contribution >= 4 is 21.8 Å². The number of carbonyl (C=O) groups excluding carboxylic acids is 1. The fourth-order valence-corrected chi connectivity index (χ4v) is 3.20. The number of alkyl halides is 1. The normalized spacial score (nSPS) is 29.4. The van der Waals surface area contributed by atoms with E-state index in [9.17, 15) is 4.79 Å². The number of halogens is 1. The third-order valence-electron chi connectivity index (χ3n) is 4.16. The summed E-state index contributed by atoms with van der Waals surface area (Å²) in [4.78, 5) is 12.3. The van der Waals surface area contributed by atoms with Gasteiger partial charge in [0, 0.05) is 11.9 Å². The Kier molecular flexibility index (Phi) is 5.22. The lowest BCUT2D eigenvalue weighted by Crippen LogP contribution is -2.36.